The summed E-state index contributed by atoms with van der Waals surface area (Å²) in [7, 11) is 0. The largest absolute Gasteiger partial charge is 0.494 e. The molecule has 1 spiro atoms. The lowest BCUT2D eigenvalue weighted by molar-refractivity contribution is -0.131. The number of rotatable bonds is 6. The van der Waals surface area contributed by atoms with Crippen molar-refractivity contribution in [2.75, 3.05) is 11.5 Å². The van der Waals surface area contributed by atoms with E-state index in [4.69, 9.17) is 9.47 Å². The SMILES string of the molecule is CCOc1ccccc1[C@@H]1[C@@H](C(=O)c2ccc(OC(C)=O)cc2)N2c3ccccc3C=C[C@H]2C12C(=O)c1ccccc1C2=O. The lowest BCUT2D eigenvalue weighted by Crippen LogP contribution is -2.48. The van der Waals surface area contributed by atoms with Crippen LogP contribution in [0.25, 0.3) is 6.08 Å². The van der Waals surface area contributed by atoms with Crippen LogP contribution in [0.2, 0.25) is 0 Å². The summed E-state index contributed by atoms with van der Waals surface area (Å²) < 4.78 is 11.3. The smallest absolute Gasteiger partial charge is 0.308 e. The van der Waals surface area contributed by atoms with Crippen LogP contribution in [-0.4, -0.2) is 42.0 Å². The molecule has 0 aromatic heterocycles. The Morgan fingerprint density at radius 1 is 0.818 bits per heavy atom. The summed E-state index contributed by atoms with van der Waals surface area (Å²) in [5.41, 5.74) is 1.74. The molecule has 7 heteroatoms. The monoisotopic (exact) mass is 583 g/mol. The van der Waals surface area contributed by atoms with E-state index in [0.717, 1.165) is 11.3 Å². The van der Waals surface area contributed by atoms with Gasteiger partial charge in [-0.1, -0.05) is 72.8 Å². The van der Waals surface area contributed by atoms with Crippen LogP contribution in [0.4, 0.5) is 5.69 Å². The minimum atomic E-state index is -1.63. The minimum absolute atomic E-state index is 0.265. The first-order valence-electron chi connectivity index (χ1n) is 14.7. The number of Topliss-reactive ketones (excluding diaryl/α,β-unsaturated/α-hetero) is 3. The zero-order chi connectivity index (χ0) is 30.6. The van der Waals surface area contributed by atoms with Gasteiger partial charge in [0.05, 0.1) is 12.6 Å². The third-order valence-electron chi connectivity index (χ3n) is 8.94. The topological polar surface area (TPSA) is 90.0 Å². The van der Waals surface area contributed by atoms with E-state index < -0.39 is 29.4 Å². The second-order valence-electron chi connectivity index (χ2n) is 11.2. The van der Waals surface area contributed by atoms with Crippen molar-refractivity contribution in [3.05, 3.63) is 131 Å². The number of carbonyl (C=O) groups is 4. The number of esters is 1. The van der Waals surface area contributed by atoms with Crippen molar-refractivity contribution in [3.63, 3.8) is 0 Å². The van der Waals surface area contributed by atoms with E-state index in [1.165, 1.54) is 6.92 Å². The van der Waals surface area contributed by atoms with Gasteiger partial charge in [0.1, 0.15) is 23.0 Å². The summed E-state index contributed by atoms with van der Waals surface area (Å²) in [6, 6.07) is 26.7. The zero-order valence-electron chi connectivity index (χ0n) is 24.2. The number of hydrogen-bond acceptors (Lipinski definition) is 7. The average Bonchev–Trinajstić information content (AvgIpc) is 3.47. The van der Waals surface area contributed by atoms with Gasteiger partial charge in [-0.3, -0.25) is 19.2 Å². The molecule has 4 aromatic rings. The minimum Gasteiger partial charge on any atom is -0.494 e. The molecule has 3 aliphatic rings. The Labute approximate surface area is 254 Å². The molecule has 2 aliphatic heterocycles. The molecule has 218 valence electrons. The summed E-state index contributed by atoms with van der Waals surface area (Å²) in [6.07, 6.45) is 3.84. The molecule has 7 nitrogen and oxygen atoms in total. The van der Waals surface area contributed by atoms with Gasteiger partial charge in [0.2, 0.25) is 0 Å². The number of carbonyl (C=O) groups excluding carboxylic acids is 4. The number of ketones is 3. The van der Waals surface area contributed by atoms with Crippen LogP contribution >= 0.6 is 0 Å². The molecule has 3 atom stereocenters. The van der Waals surface area contributed by atoms with Crippen LogP contribution in [0, 0.1) is 5.41 Å². The van der Waals surface area contributed by atoms with Crippen LogP contribution in [0.1, 0.15) is 62.0 Å². The van der Waals surface area contributed by atoms with E-state index in [1.54, 1.807) is 48.5 Å². The van der Waals surface area contributed by atoms with Gasteiger partial charge in [-0.15, -0.1) is 0 Å². The second-order valence-corrected chi connectivity index (χ2v) is 11.2. The highest BCUT2D eigenvalue weighted by atomic mass is 16.5. The maximum atomic E-state index is 14.9. The van der Waals surface area contributed by atoms with Gasteiger partial charge < -0.3 is 14.4 Å². The average molecular weight is 584 g/mol. The predicted octanol–water partition coefficient (Wildman–Crippen LogP) is 6.33. The van der Waals surface area contributed by atoms with Crippen molar-refractivity contribution < 1.29 is 28.7 Å². The maximum absolute atomic E-state index is 14.9. The van der Waals surface area contributed by atoms with E-state index in [-0.39, 0.29) is 17.3 Å². The molecule has 0 N–H and O–H groups in total. The van der Waals surface area contributed by atoms with E-state index in [9.17, 15) is 19.2 Å². The van der Waals surface area contributed by atoms with Crippen molar-refractivity contribution in [2.24, 2.45) is 5.41 Å². The number of fused-ring (bicyclic) bond motifs is 5. The van der Waals surface area contributed by atoms with Crippen molar-refractivity contribution >= 4 is 35.1 Å². The van der Waals surface area contributed by atoms with Crippen LogP contribution in [0.3, 0.4) is 0 Å². The van der Waals surface area contributed by atoms with E-state index in [1.807, 2.05) is 72.5 Å². The molecule has 7 rings (SSSR count). The predicted molar refractivity (Wildman–Crippen MR) is 166 cm³/mol. The fourth-order valence-corrected chi connectivity index (χ4v) is 7.31. The van der Waals surface area contributed by atoms with Crippen LogP contribution < -0.4 is 14.4 Å². The first-order chi connectivity index (χ1) is 21.4. The molecule has 44 heavy (non-hydrogen) atoms. The molecule has 2 heterocycles. The van der Waals surface area contributed by atoms with E-state index in [2.05, 4.69) is 0 Å². The molecule has 1 saturated heterocycles. The molecule has 4 aromatic carbocycles. The molecule has 0 radical (unpaired) electrons. The van der Waals surface area contributed by atoms with Gasteiger partial charge in [-0.2, -0.15) is 0 Å². The highest BCUT2D eigenvalue weighted by molar-refractivity contribution is 6.32. The Bertz CT molecular complexity index is 1840. The van der Waals surface area contributed by atoms with Crippen molar-refractivity contribution in [2.45, 2.75) is 31.8 Å². The van der Waals surface area contributed by atoms with Crippen LogP contribution in [0.5, 0.6) is 11.5 Å². The first kappa shape index (κ1) is 27.5. The maximum Gasteiger partial charge on any atom is 0.308 e. The number of anilines is 1. The number of ether oxygens (including phenoxy) is 2. The second kappa shape index (κ2) is 10.5. The Morgan fingerprint density at radius 3 is 2.14 bits per heavy atom. The summed E-state index contributed by atoms with van der Waals surface area (Å²) in [5, 5.41) is 0. The van der Waals surface area contributed by atoms with Crippen molar-refractivity contribution in [1.29, 1.82) is 0 Å². The number of hydrogen-bond donors (Lipinski definition) is 0. The van der Waals surface area contributed by atoms with Gasteiger partial charge in [-0.05, 0) is 48.9 Å². The Kier molecular flexibility index (Phi) is 6.54. The number of nitrogens with zero attached hydrogens (tertiary/aromatic N) is 1. The summed E-state index contributed by atoms with van der Waals surface area (Å²) in [6.45, 7) is 3.55. The fourth-order valence-electron chi connectivity index (χ4n) is 7.31. The first-order valence-corrected chi connectivity index (χ1v) is 14.7. The third-order valence-corrected chi connectivity index (χ3v) is 8.94. The molecule has 0 saturated carbocycles. The third kappa shape index (κ3) is 3.89. The summed E-state index contributed by atoms with van der Waals surface area (Å²) in [4.78, 5) is 58.0. The highest BCUT2D eigenvalue weighted by Gasteiger charge is 2.71. The molecular weight excluding hydrogens is 554 g/mol. The van der Waals surface area contributed by atoms with Gasteiger partial charge in [0.15, 0.2) is 17.3 Å². The van der Waals surface area contributed by atoms with Crippen molar-refractivity contribution in [1.82, 2.24) is 0 Å². The molecule has 1 fully saturated rings. The molecule has 1 aliphatic carbocycles. The van der Waals surface area contributed by atoms with Gasteiger partial charge in [-0.25, -0.2) is 0 Å². The molecule has 0 unspecified atom stereocenters. The molecule has 0 amide bonds. The quantitative estimate of drug-likeness (QED) is 0.113. The van der Waals surface area contributed by atoms with Gasteiger partial charge >= 0.3 is 5.97 Å². The normalized spacial score (nSPS) is 20.7. The summed E-state index contributed by atoms with van der Waals surface area (Å²) in [5.74, 6) is -1.38. The van der Waals surface area contributed by atoms with E-state index in [0.29, 0.717) is 40.4 Å². The standard InChI is InChI=1S/C37H29NO6/c1-3-43-30-15-9-7-13-28(30)32-33(34(40)24-16-19-25(20-17-24)44-22(2)39)38-29-14-8-4-10-23(29)18-21-31(38)37(32)35(41)26-11-5-6-12-27(26)36(37)42/h4-21,31-33H,3H2,1-2H3/t31-,32+,33-/m0/s1. The summed E-state index contributed by atoms with van der Waals surface area (Å²) >= 11 is 0. The molecular formula is C37H29NO6. The van der Waals surface area contributed by atoms with Crippen LogP contribution in [-0.2, 0) is 4.79 Å². The Morgan fingerprint density at radius 2 is 1.45 bits per heavy atom. The van der Waals surface area contributed by atoms with Gasteiger partial charge in [0, 0.05) is 40.8 Å². The zero-order valence-corrected chi connectivity index (χ0v) is 24.2. The fraction of sp³-hybridized carbons (Fsp3) is 0.189. The van der Waals surface area contributed by atoms with Crippen LogP contribution in [0.15, 0.2) is 103 Å². The number of para-hydroxylation sites is 2. The van der Waals surface area contributed by atoms with Crippen molar-refractivity contribution in [3.8, 4) is 11.5 Å². The lowest BCUT2D eigenvalue weighted by atomic mass is 9.64. The number of benzene rings is 4. The highest BCUT2D eigenvalue weighted by Crippen LogP contribution is 2.62. The Balaban J connectivity index is 1.51. The van der Waals surface area contributed by atoms with Gasteiger partial charge in [0.25, 0.3) is 0 Å². The lowest BCUT2D eigenvalue weighted by Gasteiger charge is -2.37. The Hall–Kier alpha value is -5.30. The molecule has 0 bridgehead atoms. The van der Waals surface area contributed by atoms with E-state index >= 15 is 0 Å².